The molecule has 1 heterocycles. The highest BCUT2D eigenvalue weighted by atomic mass is 32.2. The maximum atomic E-state index is 12.7. The number of hydrogen-bond donors (Lipinski definition) is 1. The van der Waals surface area contributed by atoms with Crippen LogP contribution in [0.15, 0.2) is 53.6 Å². The molecule has 0 fully saturated rings. The summed E-state index contributed by atoms with van der Waals surface area (Å²) in [5.41, 5.74) is 4.39. The molecule has 1 N–H and O–H groups in total. The zero-order valence-electron chi connectivity index (χ0n) is 16.5. The minimum Gasteiger partial charge on any atom is -0.284 e. The number of anilines is 1. The predicted molar refractivity (Wildman–Crippen MR) is 112 cm³/mol. The zero-order valence-corrected chi connectivity index (χ0v) is 17.3. The number of hydrazone groups is 1. The van der Waals surface area contributed by atoms with Gasteiger partial charge in [-0.1, -0.05) is 55.8 Å². The summed E-state index contributed by atoms with van der Waals surface area (Å²) in [6.07, 6.45) is 1.73. The van der Waals surface area contributed by atoms with E-state index in [2.05, 4.69) is 9.82 Å². The van der Waals surface area contributed by atoms with Crippen LogP contribution in [-0.2, 0) is 14.8 Å². The Balaban J connectivity index is 1.90. The molecule has 28 heavy (non-hydrogen) atoms. The highest BCUT2D eigenvalue weighted by Gasteiger charge is 2.34. The van der Waals surface area contributed by atoms with Crippen LogP contribution >= 0.6 is 0 Å². The first-order valence-corrected chi connectivity index (χ1v) is 11.1. The van der Waals surface area contributed by atoms with E-state index in [1.54, 1.807) is 17.1 Å². The molecule has 1 aliphatic rings. The first kappa shape index (κ1) is 20.1. The van der Waals surface area contributed by atoms with Gasteiger partial charge in [0.05, 0.1) is 18.0 Å². The fraction of sp³-hybridized carbons (Fsp3) is 0.333. The number of benzene rings is 2. The van der Waals surface area contributed by atoms with Gasteiger partial charge in [0.25, 0.3) is 0 Å². The fourth-order valence-electron chi connectivity index (χ4n) is 3.15. The van der Waals surface area contributed by atoms with Crippen LogP contribution in [0, 0.1) is 12.8 Å². The number of amides is 1. The van der Waals surface area contributed by atoms with Crippen LogP contribution in [0.25, 0.3) is 0 Å². The number of aryl methyl sites for hydroxylation is 1. The minimum absolute atomic E-state index is 0.0176. The van der Waals surface area contributed by atoms with Crippen molar-refractivity contribution in [3.05, 3.63) is 65.2 Å². The molecule has 1 amide bonds. The first-order valence-electron chi connectivity index (χ1n) is 9.19. The Bertz CT molecular complexity index is 994. The molecule has 0 aromatic heterocycles. The van der Waals surface area contributed by atoms with Gasteiger partial charge in [0, 0.05) is 18.0 Å². The van der Waals surface area contributed by atoms with Gasteiger partial charge in [0.2, 0.25) is 15.9 Å². The third-order valence-corrected chi connectivity index (χ3v) is 5.22. The fourth-order valence-corrected chi connectivity index (χ4v) is 3.71. The summed E-state index contributed by atoms with van der Waals surface area (Å²) in [5, 5.41) is 6.22. The van der Waals surface area contributed by atoms with Crippen LogP contribution in [0.3, 0.4) is 0 Å². The summed E-state index contributed by atoms with van der Waals surface area (Å²) in [6, 6.07) is 15.1. The molecular formula is C21H25N3O3S. The molecular weight excluding hydrogens is 374 g/mol. The number of rotatable bonds is 5. The zero-order chi connectivity index (χ0) is 20.5. The first-order chi connectivity index (χ1) is 13.1. The van der Waals surface area contributed by atoms with E-state index in [0.29, 0.717) is 12.1 Å². The van der Waals surface area contributed by atoms with Crippen molar-refractivity contribution in [2.75, 3.05) is 11.0 Å². The molecule has 0 bridgehead atoms. The van der Waals surface area contributed by atoms with Crippen molar-refractivity contribution < 1.29 is 13.2 Å². The van der Waals surface area contributed by atoms with E-state index in [9.17, 15) is 13.2 Å². The summed E-state index contributed by atoms with van der Waals surface area (Å²) >= 11 is 0. The van der Waals surface area contributed by atoms with Crippen LogP contribution in [-0.4, -0.2) is 31.3 Å². The van der Waals surface area contributed by atoms with Crippen LogP contribution in [0.2, 0.25) is 0 Å². The molecule has 1 atom stereocenters. The number of carbonyl (C=O) groups excluding carboxylic acids is 1. The Morgan fingerprint density at radius 1 is 1.11 bits per heavy atom. The third-order valence-electron chi connectivity index (χ3n) is 4.61. The molecule has 0 saturated carbocycles. The lowest BCUT2D eigenvalue weighted by atomic mass is 9.97. The third kappa shape index (κ3) is 4.59. The van der Waals surface area contributed by atoms with Gasteiger partial charge in [-0.2, -0.15) is 5.10 Å². The smallest absolute Gasteiger partial charge is 0.245 e. The molecule has 2 aromatic rings. The van der Waals surface area contributed by atoms with E-state index in [-0.39, 0.29) is 17.9 Å². The minimum atomic E-state index is -3.32. The monoisotopic (exact) mass is 399 g/mol. The highest BCUT2D eigenvalue weighted by molar-refractivity contribution is 7.92. The van der Waals surface area contributed by atoms with Crippen molar-refractivity contribution in [3.8, 4) is 0 Å². The van der Waals surface area contributed by atoms with Gasteiger partial charge in [-0.15, -0.1) is 0 Å². The van der Waals surface area contributed by atoms with Gasteiger partial charge in [-0.05, 0) is 30.2 Å². The lowest BCUT2D eigenvalue weighted by Crippen LogP contribution is -2.30. The van der Waals surface area contributed by atoms with Gasteiger partial charge in [0.15, 0.2) is 0 Å². The molecule has 1 unspecified atom stereocenters. The number of hydrogen-bond acceptors (Lipinski definition) is 4. The Morgan fingerprint density at radius 3 is 2.25 bits per heavy atom. The number of nitrogens with one attached hydrogen (secondary N) is 1. The molecule has 6 nitrogen and oxygen atoms in total. The Hall–Kier alpha value is -2.67. The van der Waals surface area contributed by atoms with E-state index >= 15 is 0 Å². The largest absolute Gasteiger partial charge is 0.284 e. The van der Waals surface area contributed by atoms with Crippen LogP contribution < -0.4 is 4.72 Å². The Morgan fingerprint density at radius 2 is 1.71 bits per heavy atom. The molecule has 148 valence electrons. The summed E-state index contributed by atoms with van der Waals surface area (Å²) < 4.78 is 25.2. The van der Waals surface area contributed by atoms with E-state index in [4.69, 9.17) is 0 Å². The quantitative estimate of drug-likeness (QED) is 0.833. The molecule has 0 saturated heterocycles. The average molecular weight is 400 g/mol. The summed E-state index contributed by atoms with van der Waals surface area (Å²) in [7, 11) is -3.32. The maximum absolute atomic E-state index is 12.7. The second kappa shape index (κ2) is 7.75. The average Bonchev–Trinajstić information content (AvgIpc) is 3.06. The molecule has 7 heteroatoms. The predicted octanol–water partition coefficient (Wildman–Crippen LogP) is 3.70. The normalized spacial score (nSPS) is 17.0. The lowest BCUT2D eigenvalue weighted by Gasteiger charge is -2.23. The van der Waals surface area contributed by atoms with Gasteiger partial charge >= 0.3 is 0 Å². The van der Waals surface area contributed by atoms with Crippen molar-refractivity contribution in [2.24, 2.45) is 11.0 Å². The molecule has 0 radical (unpaired) electrons. The van der Waals surface area contributed by atoms with Crippen molar-refractivity contribution in [1.82, 2.24) is 5.01 Å². The second-order valence-electron chi connectivity index (χ2n) is 7.47. The molecule has 2 aromatic carbocycles. The Labute approximate surface area is 166 Å². The van der Waals surface area contributed by atoms with Gasteiger partial charge in [-0.25, -0.2) is 13.4 Å². The highest BCUT2D eigenvalue weighted by Crippen LogP contribution is 2.34. The van der Waals surface area contributed by atoms with Crippen molar-refractivity contribution in [3.63, 3.8) is 0 Å². The second-order valence-corrected chi connectivity index (χ2v) is 9.21. The molecule has 0 aliphatic carbocycles. The molecule has 1 aliphatic heterocycles. The van der Waals surface area contributed by atoms with Crippen LogP contribution in [0.1, 0.15) is 43.0 Å². The van der Waals surface area contributed by atoms with E-state index in [0.717, 1.165) is 23.1 Å². The van der Waals surface area contributed by atoms with Gasteiger partial charge in [0.1, 0.15) is 0 Å². The van der Waals surface area contributed by atoms with Crippen LogP contribution in [0.5, 0.6) is 0 Å². The van der Waals surface area contributed by atoms with Crippen molar-refractivity contribution in [2.45, 2.75) is 33.2 Å². The summed E-state index contributed by atoms with van der Waals surface area (Å²) in [5.74, 6) is -0.173. The van der Waals surface area contributed by atoms with E-state index < -0.39 is 10.0 Å². The van der Waals surface area contributed by atoms with Crippen LogP contribution in [0.4, 0.5) is 5.69 Å². The Kier molecular flexibility index (Phi) is 5.56. The standard InChI is InChI=1S/C21H25N3O3S/c1-14(2)21(25)24-20(17-7-5-15(3)6-8-17)13-19(22-24)16-9-11-18(12-10-16)23-28(4,26)27/h5-12,14,20,23H,13H2,1-4H3. The van der Waals surface area contributed by atoms with E-state index in [1.807, 2.05) is 57.2 Å². The number of carbonyl (C=O) groups is 1. The van der Waals surface area contributed by atoms with Crippen molar-refractivity contribution >= 4 is 27.3 Å². The number of nitrogens with zero attached hydrogens (tertiary/aromatic N) is 2. The van der Waals surface area contributed by atoms with Crippen molar-refractivity contribution in [1.29, 1.82) is 0 Å². The molecule has 3 rings (SSSR count). The van der Waals surface area contributed by atoms with Gasteiger partial charge < -0.3 is 0 Å². The van der Waals surface area contributed by atoms with E-state index in [1.165, 1.54) is 5.56 Å². The topological polar surface area (TPSA) is 78.8 Å². The summed E-state index contributed by atoms with van der Waals surface area (Å²) in [6.45, 7) is 5.77. The molecule has 0 spiro atoms. The lowest BCUT2D eigenvalue weighted by molar-refractivity contribution is -0.136. The summed E-state index contributed by atoms with van der Waals surface area (Å²) in [4.78, 5) is 12.7. The van der Waals surface area contributed by atoms with Gasteiger partial charge in [-0.3, -0.25) is 9.52 Å². The number of sulfonamides is 1. The maximum Gasteiger partial charge on any atom is 0.245 e. The SMILES string of the molecule is Cc1ccc(C2CC(c3ccc(NS(C)(=O)=O)cc3)=NN2C(=O)C(C)C)cc1.